The third-order valence-electron chi connectivity index (χ3n) is 4.90. The molecule has 0 saturated heterocycles. The number of amides is 1. The van der Waals surface area contributed by atoms with Gasteiger partial charge in [0.25, 0.3) is 0 Å². The molecule has 1 unspecified atom stereocenters. The minimum Gasteiger partial charge on any atom is -0.325 e. The van der Waals surface area contributed by atoms with Crippen molar-refractivity contribution in [3.63, 3.8) is 0 Å². The normalized spacial score (nSPS) is 11.9. The Hall–Kier alpha value is -3.03. The molecular formula is C24H21N3O2S2. The van der Waals surface area contributed by atoms with Crippen LogP contribution in [-0.4, -0.2) is 26.9 Å². The molecule has 0 spiro atoms. The van der Waals surface area contributed by atoms with Gasteiger partial charge in [0.15, 0.2) is 5.78 Å². The Labute approximate surface area is 188 Å². The van der Waals surface area contributed by atoms with Crippen molar-refractivity contribution in [2.75, 3.05) is 5.32 Å². The van der Waals surface area contributed by atoms with Crippen molar-refractivity contribution in [2.24, 2.45) is 0 Å². The van der Waals surface area contributed by atoms with Crippen molar-refractivity contribution in [3.05, 3.63) is 71.9 Å². The van der Waals surface area contributed by atoms with Crippen molar-refractivity contribution in [1.82, 2.24) is 9.97 Å². The van der Waals surface area contributed by atoms with Crippen molar-refractivity contribution in [2.45, 2.75) is 30.5 Å². The third-order valence-corrected chi connectivity index (χ3v) is 7.15. The lowest BCUT2D eigenvalue weighted by atomic mass is 10.1. The second-order valence-corrected chi connectivity index (χ2v) is 9.06. The number of benzene rings is 2. The quantitative estimate of drug-likeness (QED) is 0.211. The van der Waals surface area contributed by atoms with Gasteiger partial charge in [0.1, 0.15) is 16.2 Å². The van der Waals surface area contributed by atoms with Crippen LogP contribution in [0.1, 0.15) is 30.6 Å². The van der Waals surface area contributed by atoms with Crippen LogP contribution in [0.3, 0.4) is 0 Å². The number of nitrogens with zero attached hydrogens (tertiary/aromatic N) is 2. The fourth-order valence-corrected chi connectivity index (χ4v) is 5.25. The van der Waals surface area contributed by atoms with E-state index >= 15 is 0 Å². The van der Waals surface area contributed by atoms with Gasteiger partial charge in [-0.25, -0.2) is 9.97 Å². The van der Waals surface area contributed by atoms with Crippen LogP contribution >= 0.6 is 23.1 Å². The minimum absolute atomic E-state index is 0.00220. The molecule has 0 bridgehead atoms. The van der Waals surface area contributed by atoms with Crippen LogP contribution in [-0.2, 0) is 4.79 Å². The predicted molar refractivity (Wildman–Crippen MR) is 128 cm³/mol. The molecule has 0 aliphatic heterocycles. The number of anilines is 1. The Morgan fingerprint density at radius 1 is 1.06 bits per heavy atom. The van der Waals surface area contributed by atoms with E-state index in [4.69, 9.17) is 0 Å². The number of carbonyl (C=O) groups is 2. The van der Waals surface area contributed by atoms with Gasteiger partial charge in [0.2, 0.25) is 5.91 Å². The van der Waals surface area contributed by atoms with Crippen LogP contribution in [0.5, 0.6) is 0 Å². The van der Waals surface area contributed by atoms with Gasteiger partial charge in [-0.3, -0.25) is 9.59 Å². The summed E-state index contributed by atoms with van der Waals surface area (Å²) in [5.74, 6) is -0.0936. The average molecular weight is 448 g/mol. The largest absolute Gasteiger partial charge is 0.325 e. The molecule has 5 nitrogen and oxygen atoms in total. The van der Waals surface area contributed by atoms with Crippen LogP contribution in [0.2, 0.25) is 0 Å². The van der Waals surface area contributed by atoms with E-state index in [0.717, 1.165) is 26.4 Å². The first-order valence-corrected chi connectivity index (χ1v) is 11.7. The Kier molecular flexibility index (Phi) is 6.44. The van der Waals surface area contributed by atoms with Gasteiger partial charge in [-0.15, -0.1) is 11.3 Å². The van der Waals surface area contributed by atoms with Gasteiger partial charge >= 0.3 is 0 Å². The highest BCUT2D eigenvalue weighted by Crippen LogP contribution is 2.39. The summed E-state index contributed by atoms with van der Waals surface area (Å²) in [6.07, 6.45) is 2.21. The number of fused-ring (bicyclic) bond motifs is 1. The van der Waals surface area contributed by atoms with Crippen molar-refractivity contribution in [3.8, 4) is 11.1 Å². The molecule has 1 N–H and O–H groups in total. The fraction of sp³-hybridized carbons (Fsp3) is 0.167. The minimum atomic E-state index is -0.311. The zero-order valence-corrected chi connectivity index (χ0v) is 18.8. The third kappa shape index (κ3) is 4.68. The van der Waals surface area contributed by atoms with E-state index in [1.807, 2.05) is 25.1 Å². The molecule has 0 radical (unpaired) electrons. The van der Waals surface area contributed by atoms with Crippen molar-refractivity contribution in [1.29, 1.82) is 0 Å². The lowest BCUT2D eigenvalue weighted by molar-refractivity contribution is -0.115. The molecule has 2 heterocycles. The van der Waals surface area contributed by atoms with E-state index < -0.39 is 0 Å². The van der Waals surface area contributed by atoms with Crippen LogP contribution in [0.15, 0.2) is 71.3 Å². The van der Waals surface area contributed by atoms with Crippen LogP contribution in [0, 0.1) is 0 Å². The van der Waals surface area contributed by atoms with E-state index in [0.29, 0.717) is 17.7 Å². The highest BCUT2D eigenvalue weighted by Gasteiger charge is 2.22. The maximum Gasteiger partial charge on any atom is 0.237 e. The lowest BCUT2D eigenvalue weighted by Gasteiger charge is -2.15. The van der Waals surface area contributed by atoms with E-state index in [1.54, 1.807) is 41.9 Å². The molecule has 2 aromatic heterocycles. The van der Waals surface area contributed by atoms with Gasteiger partial charge in [-0.1, -0.05) is 49.0 Å². The summed E-state index contributed by atoms with van der Waals surface area (Å²) in [4.78, 5) is 34.3. The molecule has 7 heteroatoms. The number of hydrogen-bond donors (Lipinski definition) is 1. The number of nitrogens with one attached hydrogen (secondary N) is 1. The predicted octanol–water partition coefficient (Wildman–Crippen LogP) is 6.07. The maximum absolute atomic E-state index is 13.0. The second-order valence-electron chi connectivity index (χ2n) is 7.01. The fourth-order valence-electron chi connectivity index (χ4n) is 3.24. The average Bonchev–Trinajstić information content (AvgIpc) is 3.23. The maximum atomic E-state index is 13.0. The Morgan fingerprint density at radius 2 is 1.81 bits per heavy atom. The first kappa shape index (κ1) is 21.2. The standard InChI is InChI=1S/C24H21N3O2S2/c1-3-20(22(29)27-18-11-9-16(10-12-18)15(2)28)31-24-21-19(17-7-5-4-6-8-17)13-30-23(21)25-14-26-24/h4-14,20H,3H2,1-2H3,(H,27,29). The van der Waals surface area contributed by atoms with E-state index in [2.05, 4.69) is 32.8 Å². The smallest absolute Gasteiger partial charge is 0.237 e. The first-order valence-electron chi connectivity index (χ1n) is 9.93. The number of hydrogen-bond acceptors (Lipinski definition) is 6. The number of Topliss-reactive ketones (excluding diaryl/α,β-unsaturated/α-hetero) is 1. The molecular weight excluding hydrogens is 426 g/mol. The summed E-state index contributed by atoms with van der Waals surface area (Å²) in [7, 11) is 0. The second kappa shape index (κ2) is 9.41. The van der Waals surface area contributed by atoms with Gasteiger partial charge in [0.05, 0.1) is 10.6 Å². The molecule has 0 aliphatic carbocycles. The summed E-state index contributed by atoms with van der Waals surface area (Å²) >= 11 is 3.04. The summed E-state index contributed by atoms with van der Waals surface area (Å²) < 4.78 is 0. The van der Waals surface area contributed by atoms with Gasteiger partial charge in [0, 0.05) is 22.2 Å². The molecule has 1 amide bonds. The number of thioether (sulfide) groups is 1. The van der Waals surface area contributed by atoms with Gasteiger partial charge in [-0.2, -0.15) is 0 Å². The van der Waals surface area contributed by atoms with E-state index in [-0.39, 0.29) is 16.9 Å². The Bertz CT molecular complexity index is 1220. The summed E-state index contributed by atoms with van der Waals surface area (Å²) in [5.41, 5.74) is 3.48. The number of thiophene rings is 1. The van der Waals surface area contributed by atoms with E-state index in [9.17, 15) is 9.59 Å². The Morgan fingerprint density at radius 3 is 2.48 bits per heavy atom. The number of aromatic nitrogens is 2. The number of carbonyl (C=O) groups excluding carboxylic acids is 2. The summed E-state index contributed by atoms with van der Waals surface area (Å²) in [5, 5.41) is 6.53. The van der Waals surface area contributed by atoms with Crippen LogP contribution < -0.4 is 5.32 Å². The van der Waals surface area contributed by atoms with Crippen molar-refractivity contribution < 1.29 is 9.59 Å². The first-order chi connectivity index (χ1) is 15.1. The highest BCUT2D eigenvalue weighted by atomic mass is 32.2. The molecule has 0 aliphatic rings. The summed E-state index contributed by atoms with van der Waals surface area (Å²) in [6.45, 7) is 3.51. The molecule has 4 rings (SSSR count). The van der Waals surface area contributed by atoms with Gasteiger partial charge in [-0.05, 0) is 43.2 Å². The zero-order chi connectivity index (χ0) is 21.8. The number of ketones is 1. The zero-order valence-electron chi connectivity index (χ0n) is 17.2. The molecule has 31 heavy (non-hydrogen) atoms. The SMILES string of the molecule is CCC(Sc1ncnc2scc(-c3ccccc3)c12)C(=O)Nc1ccc(C(C)=O)cc1. The molecule has 1 atom stereocenters. The Balaban J connectivity index is 1.59. The molecule has 0 saturated carbocycles. The lowest BCUT2D eigenvalue weighted by Crippen LogP contribution is -2.24. The van der Waals surface area contributed by atoms with Gasteiger partial charge < -0.3 is 5.32 Å². The van der Waals surface area contributed by atoms with Crippen LogP contribution in [0.4, 0.5) is 5.69 Å². The molecule has 156 valence electrons. The topological polar surface area (TPSA) is 72.0 Å². The monoisotopic (exact) mass is 447 g/mol. The number of rotatable bonds is 7. The summed E-state index contributed by atoms with van der Waals surface area (Å²) in [6, 6.07) is 17.1. The molecule has 4 aromatic rings. The van der Waals surface area contributed by atoms with Crippen molar-refractivity contribution >= 4 is 50.7 Å². The molecule has 2 aromatic carbocycles. The van der Waals surface area contributed by atoms with E-state index in [1.165, 1.54) is 18.7 Å². The highest BCUT2D eigenvalue weighted by molar-refractivity contribution is 8.00. The molecule has 0 fully saturated rings. The van der Waals surface area contributed by atoms with Crippen LogP contribution in [0.25, 0.3) is 21.3 Å².